The van der Waals surface area contributed by atoms with Crippen molar-refractivity contribution in [3.8, 4) is 6.07 Å². The van der Waals surface area contributed by atoms with Gasteiger partial charge in [0.05, 0.1) is 12.7 Å². The van der Waals surface area contributed by atoms with Gasteiger partial charge in [0, 0.05) is 6.42 Å². The summed E-state index contributed by atoms with van der Waals surface area (Å²) in [7, 11) is 0. The van der Waals surface area contributed by atoms with E-state index in [9.17, 15) is 9.18 Å². The molecule has 0 unspecified atom stereocenters. The first-order valence-corrected chi connectivity index (χ1v) is 3.40. The third-order valence-corrected chi connectivity index (χ3v) is 1.71. The predicted molar refractivity (Wildman–Crippen MR) is 34.2 cm³/mol. The summed E-state index contributed by atoms with van der Waals surface area (Å²) < 4.78 is 17.0. The number of hydrogen-bond donors (Lipinski definition) is 0. The molecular weight excluding hydrogens is 149 g/mol. The van der Waals surface area contributed by atoms with Crippen LogP contribution in [0.25, 0.3) is 0 Å². The van der Waals surface area contributed by atoms with Crippen molar-refractivity contribution in [1.82, 2.24) is 0 Å². The summed E-state index contributed by atoms with van der Waals surface area (Å²) in [6.45, 7) is 1.81. The minimum Gasteiger partial charge on any atom is -0.465 e. The Bertz CT molecular complexity index is 223. The largest absolute Gasteiger partial charge is 0.465 e. The van der Waals surface area contributed by atoms with Crippen LogP contribution in [0.3, 0.4) is 0 Å². The highest BCUT2D eigenvalue weighted by atomic mass is 19.1. The van der Waals surface area contributed by atoms with E-state index in [1.807, 2.05) is 0 Å². The van der Waals surface area contributed by atoms with Gasteiger partial charge in [0.15, 0.2) is 5.41 Å². The van der Waals surface area contributed by atoms with Crippen molar-refractivity contribution in [2.24, 2.45) is 5.41 Å². The third kappa shape index (κ3) is 1.07. The molecular formula is C7H8FNO2. The molecule has 0 saturated heterocycles. The molecule has 0 bridgehead atoms. The van der Waals surface area contributed by atoms with Crippen molar-refractivity contribution >= 4 is 5.97 Å². The van der Waals surface area contributed by atoms with Crippen molar-refractivity contribution < 1.29 is 13.9 Å². The summed E-state index contributed by atoms with van der Waals surface area (Å²) in [4.78, 5) is 10.9. The maximum atomic E-state index is 12.5. The van der Waals surface area contributed by atoms with Gasteiger partial charge >= 0.3 is 5.97 Å². The second-order valence-corrected chi connectivity index (χ2v) is 2.48. The Hall–Kier alpha value is -1.11. The summed E-state index contributed by atoms with van der Waals surface area (Å²) >= 11 is 0. The highest BCUT2D eigenvalue weighted by Crippen LogP contribution is 2.48. The first kappa shape index (κ1) is 7.99. The number of esters is 1. The average molecular weight is 157 g/mol. The second kappa shape index (κ2) is 2.50. The molecule has 1 aliphatic carbocycles. The van der Waals surface area contributed by atoms with E-state index in [1.165, 1.54) is 0 Å². The van der Waals surface area contributed by atoms with Crippen LogP contribution < -0.4 is 0 Å². The summed E-state index contributed by atoms with van der Waals surface area (Å²) in [5.74, 6) is -0.727. The zero-order valence-corrected chi connectivity index (χ0v) is 6.13. The Labute approximate surface area is 63.8 Å². The molecule has 60 valence electrons. The van der Waals surface area contributed by atoms with E-state index in [4.69, 9.17) is 5.26 Å². The smallest absolute Gasteiger partial charge is 0.329 e. The van der Waals surface area contributed by atoms with Crippen LogP contribution in [0.1, 0.15) is 13.3 Å². The van der Waals surface area contributed by atoms with Crippen LogP contribution in [-0.4, -0.2) is 18.7 Å². The van der Waals surface area contributed by atoms with E-state index < -0.39 is 17.6 Å². The predicted octanol–water partition coefficient (Wildman–Crippen LogP) is 0.801. The number of rotatable bonds is 2. The fourth-order valence-corrected chi connectivity index (χ4v) is 0.856. The number of nitrogens with zero attached hydrogens (tertiary/aromatic N) is 1. The van der Waals surface area contributed by atoms with Gasteiger partial charge in [0.25, 0.3) is 0 Å². The molecule has 1 aliphatic rings. The molecule has 4 heteroatoms. The summed E-state index contributed by atoms with van der Waals surface area (Å²) in [5, 5.41) is 8.43. The first-order valence-electron chi connectivity index (χ1n) is 3.40. The maximum absolute atomic E-state index is 12.5. The van der Waals surface area contributed by atoms with Crippen molar-refractivity contribution in [2.45, 2.75) is 19.5 Å². The lowest BCUT2D eigenvalue weighted by atomic mass is 10.1. The quantitative estimate of drug-likeness (QED) is 0.557. The molecule has 0 heterocycles. The lowest BCUT2D eigenvalue weighted by Gasteiger charge is -2.03. The summed E-state index contributed by atoms with van der Waals surface area (Å²) in [5.41, 5.74) is -1.46. The van der Waals surface area contributed by atoms with E-state index in [0.29, 0.717) is 0 Å². The maximum Gasteiger partial charge on any atom is 0.329 e. The van der Waals surface area contributed by atoms with Gasteiger partial charge in [-0.2, -0.15) is 5.26 Å². The van der Waals surface area contributed by atoms with Gasteiger partial charge in [0.2, 0.25) is 0 Å². The van der Waals surface area contributed by atoms with Gasteiger partial charge < -0.3 is 4.74 Å². The van der Waals surface area contributed by atoms with Crippen LogP contribution >= 0.6 is 0 Å². The van der Waals surface area contributed by atoms with Gasteiger partial charge in [0.1, 0.15) is 6.17 Å². The number of halogens is 1. The number of hydrogen-bond acceptors (Lipinski definition) is 3. The van der Waals surface area contributed by atoms with E-state index in [2.05, 4.69) is 4.74 Å². The van der Waals surface area contributed by atoms with Crippen LogP contribution in [-0.2, 0) is 9.53 Å². The van der Waals surface area contributed by atoms with Crippen LogP contribution in [0, 0.1) is 16.7 Å². The number of carbonyl (C=O) groups excluding carboxylic acids is 1. The van der Waals surface area contributed by atoms with Gasteiger partial charge in [-0.05, 0) is 6.92 Å². The average Bonchev–Trinajstić information content (AvgIpc) is 2.63. The minimum atomic E-state index is -1.46. The normalized spacial score (nSPS) is 34.1. The lowest BCUT2D eigenvalue weighted by molar-refractivity contribution is -0.148. The molecule has 0 spiro atoms. The van der Waals surface area contributed by atoms with Gasteiger partial charge in [-0.25, -0.2) is 4.39 Å². The Morgan fingerprint density at radius 1 is 2.00 bits per heavy atom. The minimum absolute atomic E-state index is 0.0116. The summed E-state index contributed by atoms with van der Waals surface area (Å²) in [6, 6.07) is 1.64. The van der Waals surface area contributed by atoms with Crippen molar-refractivity contribution in [1.29, 1.82) is 5.26 Å². The van der Waals surface area contributed by atoms with Gasteiger partial charge in [-0.1, -0.05) is 0 Å². The molecule has 2 atom stereocenters. The zero-order chi connectivity index (χ0) is 8.48. The Morgan fingerprint density at radius 3 is 2.82 bits per heavy atom. The molecule has 1 fully saturated rings. The number of carbonyl (C=O) groups is 1. The van der Waals surface area contributed by atoms with E-state index in [-0.39, 0.29) is 13.0 Å². The molecule has 11 heavy (non-hydrogen) atoms. The molecule has 0 amide bonds. The molecule has 0 N–H and O–H groups in total. The number of nitriles is 1. The summed E-state index contributed by atoms with van der Waals surface area (Å²) in [6.07, 6.45) is -1.34. The van der Waals surface area contributed by atoms with E-state index in [0.717, 1.165) is 0 Å². The number of alkyl halides is 1. The SMILES string of the molecule is CCOC(=O)[C@@]1(C#N)C[C@H]1F. The van der Waals surface area contributed by atoms with Gasteiger partial charge in [-0.3, -0.25) is 4.79 Å². The topological polar surface area (TPSA) is 50.1 Å². The highest BCUT2D eigenvalue weighted by Gasteiger charge is 2.63. The molecule has 1 rings (SSSR count). The molecule has 3 nitrogen and oxygen atoms in total. The highest BCUT2D eigenvalue weighted by molar-refractivity contribution is 5.84. The van der Waals surface area contributed by atoms with Crippen LogP contribution in [0.2, 0.25) is 0 Å². The molecule has 0 aromatic carbocycles. The third-order valence-electron chi connectivity index (χ3n) is 1.71. The van der Waals surface area contributed by atoms with Crippen LogP contribution in [0.4, 0.5) is 4.39 Å². The fraction of sp³-hybridized carbons (Fsp3) is 0.714. The molecule has 1 saturated carbocycles. The molecule has 0 radical (unpaired) electrons. The van der Waals surface area contributed by atoms with E-state index in [1.54, 1.807) is 13.0 Å². The standard InChI is InChI=1S/C7H8FNO2/c1-2-11-6(10)7(4-9)3-5(7)8/h5H,2-3H2,1H3/t5-,7-/m1/s1. The van der Waals surface area contributed by atoms with E-state index >= 15 is 0 Å². The Balaban J connectivity index is 2.60. The first-order chi connectivity index (χ1) is 5.17. The van der Waals surface area contributed by atoms with Crippen LogP contribution in [0.15, 0.2) is 0 Å². The van der Waals surface area contributed by atoms with Crippen molar-refractivity contribution in [3.63, 3.8) is 0 Å². The zero-order valence-electron chi connectivity index (χ0n) is 6.13. The molecule has 0 aromatic heterocycles. The van der Waals surface area contributed by atoms with Gasteiger partial charge in [-0.15, -0.1) is 0 Å². The molecule has 0 aliphatic heterocycles. The Kier molecular flexibility index (Phi) is 1.81. The number of ether oxygens (including phenoxy) is 1. The lowest BCUT2D eigenvalue weighted by Crippen LogP contribution is -2.19. The second-order valence-electron chi connectivity index (χ2n) is 2.48. The monoisotopic (exact) mass is 157 g/mol. The molecule has 0 aromatic rings. The van der Waals surface area contributed by atoms with Crippen molar-refractivity contribution in [2.75, 3.05) is 6.61 Å². The fourth-order valence-electron chi connectivity index (χ4n) is 0.856. The van der Waals surface area contributed by atoms with Crippen LogP contribution in [0.5, 0.6) is 0 Å². The Morgan fingerprint density at radius 2 is 2.55 bits per heavy atom. The van der Waals surface area contributed by atoms with Crippen molar-refractivity contribution in [3.05, 3.63) is 0 Å².